The summed E-state index contributed by atoms with van der Waals surface area (Å²) in [5.74, 6) is 4.27. The molecule has 0 radical (unpaired) electrons. The highest BCUT2D eigenvalue weighted by molar-refractivity contribution is 5.32. The minimum Gasteiger partial charge on any atom is -0.115 e. The van der Waals surface area contributed by atoms with Crippen LogP contribution in [0, 0.1) is 35.0 Å². The standard InChI is InChI=1S/C25H40/c1-10-19(5)14-15-22(12-3)16-17-24(8)18-23(13-4)25(24,9)21(7)20(6)11-2/h3,14-15,20,23H,7,10-11,13,16-18H2,1-2,4-6,8-9H3. The van der Waals surface area contributed by atoms with E-state index in [0.29, 0.717) is 11.3 Å². The summed E-state index contributed by atoms with van der Waals surface area (Å²) in [4.78, 5) is 0. The lowest BCUT2D eigenvalue weighted by molar-refractivity contribution is -0.104. The Hall–Kier alpha value is -1.22. The van der Waals surface area contributed by atoms with Crippen molar-refractivity contribution in [2.75, 3.05) is 0 Å². The molecule has 1 rings (SSSR count). The molecule has 0 aromatic heterocycles. The second kappa shape index (κ2) is 8.93. The molecule has 0 heterocycles. The summed E-state index contributed by atoms with van der Waals surface area (Å²) in [5, 5.41) is 0. The molecule has 0 aromatic rings. The van der Waals surface area contributed by atoms with Crippen LogP contribution in [0.1, 0.15) is 87.0 Å². The van der Waals surface area contributed by atoms with Gasteiger partial charge in [0.15, 0.2) is 0 Å². The zero-order chi connectivity index (χ0) is 19.3. The van der Waals surface area contributed by atoms with E-state index in [4.69, 9.17) is 6.42 Å². The lowest BCUT2D eigenvalue weighted by atomic mass is 9.40. The Bertz CT molecular complexity index is 567. The lowest BCUT2D eigenvalue weighted by Crippen LogP contribution is -2.56. The first kappa shape index (κ1) is 21.8. The molecule has 1 aliphatic rings. The first-order valence-electron chi connectivity index (χ1n) is 10.2. The van der Waals surface area contributed by atoms with Crippen LogP contribution < -0.4 is 0 Å². The molecule has 4 atom stereocenters. The first-order chi connectivity index (χ1) is 11.7. The van der Waals surface area contributed by atoms with Gasteiger partial charge in [-0.3, -0.25) is 0 Å². The summed E-state index contributed by atoms with van der Waals surface area (Å²) in [5.41, 5.74) is 4.53. The molecule has 25 heavy (non-hydrogen) atoms. The zero-order valence-electron chi connectivity index (χ0n) is 17.8. The van der Waals surface area contributed by atoms with Gasteiger partial charge in [-0.25, -0.2) is 0 Å². The van der Waals surface area contributed by atoms with Gasteiger partial charge in [-0.15, -0.1) is 6.42 Å². The minimum absolute atomic E-state index is 0.242. The fraction of sp³-hybridized carbons (Fsp3) is 0.680. The number of terminal acetylenes is 1. The Morgan fingerprint density at radius 2 is 1.92 bits per heavy atom. The zero-order valence-corrected chi connectivity index (χ0v) is 17.8. The molecule has 0 nitrogen and oxygen atoms in total. The molecule has 0 bridgehead atoms. The Morgan fingerprint density at radius 3 is 2.40 bits per heavy atom. The topological polar surface area (TPSA) is 0 Å². The van der Waals surface area contributed by atoms with Crippen LogP contribution in [0.5, 0.6) is 0 Å². The molecule has 0 aromatic carbocycles. The van der Waals surface area contributed by atoms with Crippen molar-refractivity contribution in [3.63, 3.8) is 0 Å². The summed E-state index contributed by atoms with van der Waals surface area (Å²) in [6, 6.07) is 0. The van der Waals surface area contributed by atoms with Crippen molar-refractivity contribution in [2.24, 2.45) is 22.7 Å². The molecule has 0 amide bonds. The van der Waals surface area contributed by atoms with Gasteiger partial charge in [-0.2, -0.15) is 0 Å². The molecule has 1 saturated carbocycles. The molecule has 0 spiro atoms. The van der Waals surface area contributed by atoms with E-state index in [0.717, 1.165) is 30.8 Å². The molecular weight excluding hydrogens is 300 g/mol. The van der Waals surface area contributed by atoms with E-state index in [1.165, 1.54) is 30.4 Å². The van der Waals surface area contributed by atoms with Gasteiger partial charge in [0.1, 0.15) is 0 Å². The maximum absolute atomic E-state index is 5.77. The van der Waals surface area contributed by atoms with Gasteiger partial charge < -0.3 is 0 Å². The average Bonchev–Trinajstić information content (AvgIpc) is 2.63. The Morgan fingerprint density at radius 1 is 1.28 bits per heavy atom. The van der Waals surface area contributed by atoms with E-state index in [-0.39, 0.29) is 5.41 Å². The molecule has 0 heteroatoms. The quantitative estimate of drug-likeness (QED) is 0.229. The van der Waals surface area contributed by atoms with E-state index < -0.39 is 0 Å². The monoisotopic (exact) mass is 340 g/mol. The Kier molecular flexibility index (Phi) is 7.80. The van der Waals surface area contributed by atoms with E-state index in [9.17, 15) is 0 Å². The average molecular weight is 341 g/mol. The third-order valence-electron chi connectivity index (χ3n) is 7.39. The predicted molar refractivity (Wildman–Crippen MR) is 113 cm³/mol. The van der Waals surface area contributed by atoms with Crippen LogP contribution in [0.3, 0.4) is 0 Å². The highest BCUT2D eigenvalue weighted by Gasteiger charge is 2.59. The summed E-state index contributed by atoms with van der Waals surface area (Å²) in [6.45, 7) is 20.8. The fourth-order valence-corrected chi connectivity index (χ4v) is 4.62. The number of allylic oxidation sites excluding steroid dienone is 5. The van der Waals surface area contributed by atoms with Crippen LogP contribution in [0.4, 0.5) is 0 Å². The summed E-state index contributed by atoms with van der Waals surface area (Å²) >= 11 is 0. The normalized spacial score (nSPS) is 31.2. The number of rotatable bonds is 9. The minimum atomic E-state index is 0.242. The molecule has 4 unspecified atom stereocenters. The van der Waals surface area contributed by atoms with Crippen molar-refractivity contribution in [3.8, 4) is 12.3 Å². The predicted octanol–water partition coefficient (Wildman–Crippen LogP) is 7.73. The highest BCUT2D eigenvalue weighted by atomic mass is 14.6. The largest absolute Gasteiger partial charge is 0.115 e. The molecule has 140 valence electrons. The van der Waals surface area contributed by atoms with Gasteiger partial charge in [0.25, 0.3) is 0 Å². The Balaban J connectivity index is 2.96. The van der Waals surface area contributed by atoms with E-state index in [1.54, 1.807) is 0 Å². The molecule has 1 aliphatic carbocycles. The molecule has 0 aliphatic heterocycles. The van der Waals surface area contributed by atoms with Gasteiger partial charge in [0.05, 0.1) is 0 Å². The van der Waals surface area contributed by atoms with Crippen molar-refractivity contribution in [2.45, 2.75) is 87.0 Å². The highest BCUT2D eigenvalue weighted by Crippen LogP contribution is 2.68. The van der Waals surface area contributed by atoms with Gasteiger partial charge in [-0.1, -0.05) is 83.8 Å². The third-order valence-corrected chi connectivity index (χ3v) is 7.39. The van der Waals surface area contributed by atoms with Gasteiger partial charge in [0.2, 0.25) is 0 Å². The fourth-order valence-electron chi connectivity index (χ4n) is 4.62. The molecule has 0 saturated heterocycles. The van der Waals surface area contributed by atoms with Crippen molar-refractivity contribution in [3.05, 3.63) is 35.5 Å². The third kappa shape index (κ3) is 4.31. The molecule has 1 fully saturated rings. The second-order valence-electron chi connectivity index (χ2n) is 8.61. The van der Waals surface area contributed by atoms with Crippen molar-refractivity contribution >= 4 is 0 Å². The van der Waals surface area contributed by atoms with Crippen LogP contribution in [0.15, 0.2) is 35.5 Å². The van der Waals surface area contributed by atoms with Gasteiger partial charge >= 0.3 is 0 Å². The summed E-state index contributed by atoms with van der Waals surface area (Å²) < 4.78 is 0. The van der Waals surface area contributed by atoms with Crippen molar-refractivity contribution in [1.29, 1.82) is 0 Å². The Labute approximate surface area is 157 Å². The van der Waals surface area contributed by atoms with Crippen LogP contribution in [0.25, 0.3) is 0 Å². The molecule has 0 N–H and O–H groups in total. The van der Waals surface area contributed by atoms with E-state index in [2.05, 4.69) is 73.1 Å². The lowest BCUT2D eigenvalue weighted by Gasteiger charge is -2.64. The maximum atomic E-state index is 5.77. The summed E-state index contributed by atoms with van der Waals surface area (Å²) in [6.07, 6.45) is 17.1. The maximum Gasteiger partial charge on any atom is 0.00178 e. The smallest absolute Gasteiger partial charge is 0.00178 e. The number of hydrogen-bond donors (Lipinski definition) is 0. The first-order valence-corrected chi connectivity index (χ1v) is 10.2. The van der Waals surface area contributed by atoms with Gasteiger partial charge in [0, 0.05) is 5.57 Å². The van der Waals surface area contributed by atoms with Crippen molar-refractivity contribution in [1.82, 2.24) is 0 Å². The van der Waals surface area contributed by atoms with Crippen LogP contribution in [-0.2, 0) is 0 Å². The SMILES string of the molecule is C#CC(=CC=C(C)CC)CCC1(C)CC(CC)C1(C)C(=C)C(C)CC. The van der Waals surface area contributed by atoms with Crippen LogP contribution in [0.2, 0.25) is 0 Å². The van der Waals surface area contributed by atoms with E-state index >= 15 is 0 Å². The summed E-state index contributed by atoms with van der Waals surface area (Å²) in [7, 11) is 0. The van der Waals surface area contributed by atoms with Crippen molar-refractivity contribution < 1.29 is 0 Å². The molecular formula is C25H40. The number of hydrogen-bond acceptors (Lipinski definition) is 0. The van der Waals surface area contributed by atoms with Crippen LogP contribution >= 0.6 is 0 Å². The van der Waals surface area contributed by atoms with Gasteiger partial charge in [-0.05, 0) is 61.7 Å². The second-order valence-corrected chi connectivity index (χ2v) is 8.61. The van der Waals surface area contributed by atoms with E-state index in [1.807, 2.05) is 0 Å². The van der Waals surface area contributed by atoms with Crippen LogP contribution in [-0.4, -0.2) is 0 Å².